The summed E-state index contributed by atoms with van der Waals surface area (Å²) in [6.07, 6.45) is 5.18. The van der Waals surface area contributed by atoms with Gasteiger partial charge in [0.05, 0.1) is 6.04 Å². The van der Waals surface area contributed by atoms with Gasteiger partial charge in [-0.05, 0) is 35.1 Å². The fourth-order valence-corrected chi connectivity index (χ4v) is 3.94. The third-order valence-electron chi connectivity index (χ3n) is 5.06. The minimum absolute atomic E-state index is 0.252. The van der Waals surface area contributed by atoms with Crippen LogP contribution in [0.25, 0.3) is 10.8 Å². The highest BCUT2D eigenvalue weighted by Crippen LogP contribution is 2.36. The van der Waals surface area contributed by atoms with Crippen molar-refractivity contribution in [2.75, 3.05) is 6.54 Å². The van der Waals surface area contributed by atoms with Crippen LogP contribution >= 0.6 is 0 Å². The molecule has 0 aliphatic carbocycles. The van der Waals surface area contributed by atoms with Crippen molar-refractivity contribution in [2.24, 2.45) is 5.92 Å². The van der Waals surface area contributed by atoms with Crippen molar-refractivity contribution in [1.82, 2.24) is 4.90 Å². The second kappa shape index (κ2) is 7.16. The lowest BCUT2D eigenvalue weighted by atomic mass is 9.96. The van der Waals surface area contributed by atoms with Gasteiger partial charge in [-0.1, -0.05) is 69.2 Å². The molecule has 2 atom stereocenters. The molecule has 1 saturated heterocycles. The first-order valence-corrected chi connectivity index (χ1v) is 8.97. The summed E-state index contributed by atoms with van der Waals surface area (Å²) in [7, 11) is 0. The molecule has 0 saturated carbocycles. The molecule has 1 heterocycles. The number of carbonyl (C=O) groups excluding carboxylic acids is 1. The fourth-order valence-electron chi connectivity index (χ4n) is 3.94. The van der Waals surface area contributed by atoms with Gasteiger partial charge in [0.25, 0.3) is 0 Å². The summed E-state index contributed by atoms with van der Waals surface area (Å²) in [4.78, 5) is 14.9. The number of nitrogens with zero attached hydrogens (tertiary/aromatic N) is 1. The zero-order chi connectivity index (χ0) is 16.2. The first-order chi connectivity index (χ1) is 11.2. The quantitative estimate of drug-likeness (QED) is 0.731. The van der Waals surface area contributed by atoms with Crippen molar-refractivity contribution in [3.05, 3.63) is 48.0 Å². The van der Waals surface area contributed by atoms with E-state index in [1.54, 1.807) is 0 Å². The van der Waals surface area contributed by atoms with Gasteiger partial charge in [0.15, 0.2) is 0 Å². The van der Waals surface area contributed by atoms with Crippen LogP contribution in [0.2, 0.25) is 0 Å². The highest BCUT2D eigenvalue weighted by atomic mass is 16.2. The zero-order valence-electron chi connectivity index (χ0n) is 14.3. The number of hydrogen-bond acceptors (Lipinski definition) is 1. The van der Waals surface area contributed by atoms with Gasteiger partial charge in [-0.3, -0.25) is 4.79 Å². The highest BCUT2D eigenvalue weighted by molar-refractivity contribution is 5.87. The molecule has 1 aliphatic heterocycles. The fraction of sp³-hybridized carbons (Fsp3) is 0.476. The zero-order valence-corrected chi connectivity index (χ0v) is 14.3. The first-order valence-electron chi connectivity index (χ1n) is 8.97. The van der Waals surface area contributed by atoms with Crippen LogP contribution in [0.4, 0.5) is 0 Å². The van der Waals surface area contributed by atoms with Crippen molar-refractivity contribution in [3.8, 4) is 0 Å². The lowest BCUT2D eigenvalue weighted by Gasteiger charge is -2.27. The number of carbonyl (C=O) groups is 1. The average Bonchev–Trinajstić information content (AvgIpc) is 3.04. The summed E-state index contributed by atoms with van der Waals surface area (Å²) in [5.41, 5.74) is 1.32. The molecule has 1 aliphatic rings. The number of likely N-dealkylation sites (tertiary alicyclic amines) is 1. The highest BCUT2D eigenvalue weighted by Gasteiger charge is 2.31. The maximum Gasteiger partial charge on any atom is 0.223 e. The van der Waals surface area contributed by atoms with Gasteiger partial charge in [0, 0.05) is 13.0 Å². The largest absolute Gasteiger partial charge is 0.336 e. The van der Waals surface area contributed by atoms with Crippen LogP contribution in [0.1, 0.15) is 57.6 Å². The van der Waals surface area contributed by atoms with Gasteiger partial charge < -0.3 is 4.90 Å². The number of benzene rings is 2. The van der Waals surface area contributed by atoms with E-state index < -0.39 is 0 Å². The predicted octanol–water partition coefficient (Wildman–Crippen LogP) is 5.33. The predicted molar refractivity (Wildman–Crippen MR) is 96.3 cm³/mol. The molecule has 0 spiro atoms. The van der Waals surface area contributed by atoms with Gasteiger partial charge in [0.2, 0.25) is 5.91 Å². The minimum Gasteiger partial charge on any atom is -0.336 e. The Bertz CT molecular complexity index is 673. The van der Waals surface area contributed by atoms with Gasteiger partial charge in [0.1, 0.15) is 0 Å². The summed E-state index contributed by atoms with van der Waals surface area (Å²) < 4.78 is 0. The molecule has 1 fully saturated rings. The third-order valence-corrected chi connectivity index (χ3v) is 5.06. The molecular formula is C21H27NO. The van der Waals surface area contributed by atoms with Crippen LogP contribution in [0.3, 0.4) is 0 Å². The summed E-state index contributed by atoms with van der Waals surface area (Å²) >= 11 is 0. The molecule has 2 unspecified atom stereocenters. The van der Waals surface area contributed by atoms with Gasteiger partial charge in [-0.2, -0.15) is 0 Å². The van der Waals surface area contributed by atoms with Crippen LogP contribution in [0.5, 0.6) is 0 Å². The van der Waals surface area contributed by atoms with Crippen molar-refractivity contribution in [2.45, 2.75) is 52.0 Å². The number of hydrogen-bond donors (Lipinski definition) is 0. The number of rotatable bonds is 5. The van der Waals surface area contributed by atoms with Crippen LogP contribution in [0.15, 0.2) is 42.5 Å². The van der Waals surface area contributed by atoms with Crippen LogP contribution < -0.4 is 0 Å². The Morgan fingerprint density at radius 3 is 2.83 bits per heavy atom. The lowest BCUT2D eigenvalue weighted by Crippen LogP contribution is -2.31. The van der Waals surface area contributed by atoms with E-state index in [2.05, 4.69) is 61.2 Å². The Labute approximate surface area is 139 Å². The molecule has 3 rings (SSSR count). The molecule has 0 radical (unpaired) electrons. The number of amides is 1. The smallest absolute Gasteiger partial charge is 0.223 e. The summed E-state index contributed by atoms with van der Waals surface area (Å²) in [6.45, 7) is 5.30. The normalized spacial score (nSPS) is 19.2. The SMILES string of the molecule is CCCC(C)CC(=O)N1CCCC1c1cccc2ccccc12. The molecule has 2 aromatic carbocycles. The Morgan fingerprint density at radius 2 is 2.00 bits per heavy atom. The molecule has 2 heteroatoms. The van der Waals surface area contributed by atoms with E-state index in [-0.39, 0.29) is 6.04 Å². The van der Waals surface area contributed by atoms with E-state index in [0.29, 0.717) is 18.2 Å². The molecule has 0 N–H and O–H groups in total. The molecule has 0 bridgehead atoms. The van der Waals surface area contributed by atoms with Crippen molar-refractivity contribution >= 4 is 16.7 Å². The minimum atomic E-state index is 0.252. The summed E-state index contributed by atoms with van der Waals surface area (Å²) in [5.74, 6) is 0.822. The van der Waals surface area contributed by atoms with E-state index in [4.69, 9.17) is 0 Å². The maximum absolute atomic E-state index is 12.8. The molecule has 23 heavy (non-hydrogen) atoms. The summed E-state index contributed by atoms with van der Waals surface area (Å²) in [5, 5.41) is 2.56. The Balaban J connectivity index is 1.85. The van der Waals surface area contributed by atoms with Crippen LogP contribution in [-0.4, -0.2) is 17.4 Å². The average molecular weight is 309 g/mol. The molecule has 2 nitrogen and oxygen atoms in total. The Morgan fingerprint density at radius 1 is 1.22 bits per heavy atom. The van der Waals surface area contributed by atoms with Crippen molar-refractivity contribution in [1.29, 1.82) is 0 Å². The van der Waals surface area contributed by atoms with E-state index in [1.165, 1.54) is 16.3 Å². The standard InChI is InChI=1S/C21H27NO/c1-3-8-16(2)15-21(23)22-14-7-13-20(22)19-12-6-10-17-9-4-5-11-18(17)19/h4-6,9-12,16,20H,3,7-8,13-15H2,1-2H3. The van der Waals surface area contributed by atoms with E-state index in [9.17, 15) is 4.79 Å². The molecule has 2 aromatic rings. The van der Waals surface area contributed by atoms with Gasteiger partial charge in [-0.15, -0.1) is 0 Å². The number of fused-ring (bicyclic) bond motifs is 1. The lowest BCUT2D eigenvalue weighted by molar-refractivity contribution is -0.133. The van der Waals surface area contributed by atoms with E-state index >= 15 is 0 Å². The monoisotopic (exact) mass is 309 g/mol. The van der Waals surface area contributed by atoms with Crippen LogP contribution in [0, 0.1) is 5.92 Å². The second-order valence-electron chi connectivity index (χ2n) is 6.91. The third kappa shape index (κ3) is 3.41. The molecule has 0 aromatic heterocycles. The molecule has 1 amide bonds. The van der Waals surface area contributed by atoms with Crippen LogP contribution in [-0.2, 0) is 4.79 Å². The Hall–Kier alpha value is -1.83. The molecular weight excluding hydrogens is 282 g/mol. The van der Waals surface area contributed by atoms with Gasteiger partial charge in [-0.25, -0.2) is 0 Å². The van der Waals surface area contributed by atoms with Crippen molar-refractivity contribution < 1.29 is 4.79 Å². The Kier molecular flexibility index (Phi) is 5.00. The molecule has 122 valence electrons. The van der Waals surface area contributed by atoms with E-state index in [1.807, 2.05) is 0 Å². The van der Waals surface area contributed by atoms with Crippen molar-refractivity contribution in [3.63, 3.8) is 0 Å². The maximum atomic E-state index is 12.8. The van der Waals surface area contributed by atoms with E-state index in [0.717, 1.165) is 32.2 Å². The second-order valence-corrected chi connectivity index (χ2v) is 6.91. The van der Waals surface area contributed by atoms with Gasteiger partial charge >= 0.3 is 0 Å². The first kappa shape index (κ1) is 16.0. The topological polar surface area (TPSA) is 20.3 Å². The summed E-state index contributed by atoms with van der Waals surface area (Å²) in [6, 6.07) is 15.2.